The highest BCUT2D eigenvalue weighted by molar-refractivity contribution is 9.10. The Hall–Kier alpha value is -3.73. The zero-order valence-electron chi connectivity index (χ0n) is 34.7. The van der Waals surface area contributed by atoms with E-state index in [9.17, 15) is 25.2 Å². The van der Waals surface area contributed by atoms with E-state index in [1.54, 1.807) is 6.07 Å². The lowest BCUT2D eigenvalue weighted by atomic mass is 9.78. The summed E-state index contributed by atoms with van der Waals surface area (Å²) in [5.41, 5.74) is 5.95. The van der Waals surface area contributed by atoms with Crippen LogP contribution in [0.25, 0.3) is 0 Å². The van der Waals surface area contributed by atoms with Gasteiger partial charge in [0.2, 0.25) is 0 Å². The smallest absolute Gasteiger partial charge is 0.303 e. The number of fused-ring (bicyclic) bond motifs is 2. The molecule has 10 atom stereocenters. The average molecular weight is 971 g/mol. The summed E-state index contributed by atoms with van der Waals surface area (Å²) in [6.07, 6.45) is -4.11. The molecule has 4 aromatic rings. The summed E-state index contributed by atoms with van der Waals surface area (Å²) in [6.45, 7) is 9.71. The Kier molecular flexibility index (Phi) is 15.0. The van der Waals surface area contributed by atoms with E-state index in [1.807, 2.05) is 42.5 Å². The quantitative estimate of drug-likeness (QED) is 0.125. The van der Waals surface area contributed by atoms with E-state index in [1.165, 1.54) is 6.92 Å². The molecule has 4 unspecified atom stereocenters. The van der Waals surface area contributed by atoms with Gasteiger partial charge in [-0.15, -0.1) is 0 Å². The molecule has 0 amide bonds. The minimum atomic E-state index is -1.41. The highest BCUT2D eigenvalue weighted by Gasteiger charge is 2.45. The second-order valence-electron chi connectivity index (χ2n) is 16.1. The number of hydrogen-bond acceptors (Lipinski definition) is 12. The van der Waals surface area contributed by atoms with Crippen molar-refractivity contribution in [3.05, 3.63) is 115 Å². The van der Waals surface area contributed by atoms with E-state index in [0.29, 0.717) is 44.3 Å². The SMILES string of the molecule is CC[C@H]1OC(c2ccc(Br)c(Cc3ccc4c(c3)OCCO4)c2)C(OC(C)=O)[C@@H](C)C1C.OC[C@H]1OC(c2ccc(Br)c(Cc3ccc4c(c3)OCCO4)c2)[C@H](O)[C@@H](O)[C@@H]1O. The summed E-state index contributed by atoms with van der Waals surface area (Å²) in [5.74, 6) is 3.28. The van der Waals surface area contributed by atoms with E-state index < -0.39 is 37.1 Å². The fraction of sp³-hybridized carbons (Fsp3) is 0.468. The zero-order chi connectivity index (χ0) is 43.4. The maximum Gasteiger partial charge on any atom is 0.303 e. The first-order valence-corrected chi connectivity index (χ1v) is 22.4. The molecule has 12 nitrogen and oxygen atoms in total. The van der Waals surface area contributed by atoms with Crippen LogP contribution in [-0.2, 0) is 31.8 Å². The van der Waals surface area contributed by atoms with Gasteiger partial charge in [-0.2, -0.15) is 0 Å². The Morgan fingerprint density at radius 1 is 0.639 bits per heavy atom. The van der Waals surface area contributed by atoms with Crippen LogP contribution >= 0.6 is 31.9 Å². The predicted molar refractivity (Wildman–Crippen MR) is 233 cm³/mol. The molecule has 2 fully saturated rings. The van der Waals surface area contributed by atoms with Crippen molar-refractivity contribution in [2.45, 2.75) is 95.8 Å². The molecule has 4 aliphatic heterocycles. The molecule has 61 heavy (non-hydrogen) atoms. The first-order chi connectivity index (χ1) is 29.3. The van der Waals surface area contributed by atoms with Gasteiger partial charge < -0.3 is 53.6 Å². The topological polar surface area (TPSA) is 163 Å². The number of benzene rings is 4. The van der Waals surface area contributed by atoms with Crippen LogP contribution in [0.5, 0.6) is 23.0 Å². The Morgan fingerprint density at radius 3 is 1.62 bits per heavy atom. The van der Waals surface area contributed by atoms with Crippen LogP contribution in [0, 0.1) is 11.8 Å². The van der Waals surface area contributed by atoms with Crippen LogP contribution in [0.3, 0.4) is 0 Å². The normalized spacial score (nSPS) is 28.0. The second-order valence-corrected chi connectivity index (χ2v) is 17.8. The molecule has 0 aromatic heterocycles. The molecular formula is C47H54Br2O12. The molecule has 0 aliphatic carbocycles. The number of halogens is 2. The molecule has 4 aromatic carbocycles. The van der Waals surface area contributed by atoms with E-state index in [0.717, 1.165) is 72.6 Å². The van der Waals surface area contributed by atoms with Crippen molar-refractivity contribution in [3.63, 3.8) is 0 Å². The van der Waals surface area contributed by atoms with Gasteiger partial charge in [0, 0.05) is 21.8 Å². The van der Waals surface area contributed by atoms with Crippen LogP contribution in [0.1, 0.15) is 79.7 Å². The summed E-state index contributed by atoms with van der Waals surface area (Å²) >= 11 is 7.27. The molecule has 2 saturated heterocycles. The molecule has 0 bridgehead atoms. The predicted octanol–water partition coefficient (Wildman–Crippen LogP) is 7.19. The average Bonchev–Trinajstić information content (AvgIpc) is 3.26. The summed E-state index contributed by atoms with van der Waals surface area (Å²) in [6, 6.07) is 23.7. The Balaban J connectivity index is 0.000000185. The number of hydrogen-bond donors (Lipinski definition) is 4. The van der Waals surface area contributed by atoms with Gasteiger partial charge in [0.25, 0.3) is 0 Å². The molecule has 0 radical (unpaired) electrons. The minimum Gasteiger partial charge on any atom is -0.486 e. The van der Waals surface area contributed by atoms with Gasteiger partial charge in [-0.25, -0.2) is 0 Å². The third kappa shape index (κ3) is 10.4. The number of carbonyl (C=O) groups is 1. The van der Waals surface area contributed by atoms with Gasteiger partial charge in [-0.1, -0.05) is 89.0 Å². The molecular weight excluding hydrogens is 916 g/mol. The molecule has 4 heterocycles. The van der Waals surface area contributed by atoms with Crippen molar-refractivity contribution in [2.75, 3.05) is 33.0 Å². The van der Waals surface area contributed by atoms with E-state index >= 15 is 0 Å². The van der Waals surface area contributed by atoms with Gasteiger partial charge >= 0.3 is 5.97 Å². The Labute approximate surface area is 373 Å². The Bertz CT molecular complexity index is 2150. The molecule has 4 N–H and O–H groups in total. The second kappa shape index (κ2) is 20.2. The maximum atomic E-state index is 11.9. The van der Waals surface area contributed by atoms with E-state index in [2.05, 4.69) is 76.9 Å². The highest BCUT2D eigenvalue weighted by Crippen LogP contribution is 2.43. The van der Waals surface area contributed by atoms with Gasteiger partial charge in [-0.05, 0) is 95.0 Å². The third-order valence-corrected chi connectivity index (χ3v) is 13.5. The van der Waals surface area contributed by atoms with Gasteiger partial charge in [-0.3, -0.25) is 4.79 Å². The number of rotatable bonds is 9. The highest BCUT2D eigenvalue weighted by atomic mass is 79.9. The third-order valence-electron chi connectivity index (χ3n) is 11.9. The lowest BCUT2D eigenvalue weighted by molar-refractivity contribution is -0.231. The fourth-order valence-corrected chi connectivity index (χ4v) is 9.20. The summed E-state index contributed by atoms with van der Waals surface area (Å²) in [4.78, 5) is 11.9. The molecule has 4 aliphatic rings. The van der Waals surface area contributed by atoms with Crippen LogP contribution in [0.2, 0.25) is 0 Å². The van der Waals surface area contributed by atoms with E-state index in [4.69, 9.17) is 33.2 Å². The largest absolute Gasteiger partial charge is 0.486 e. The number of aliphatic hydroxyl groups is 4. The van der Waals surface area contributed by atoms with Gasteiger partial charge in [0.15, 0.2) is 23.0 Å². The fourth-order valence-electron chi connectivity index (χ4n) is 8.43. The van der Waals surface area contributed by atoms with Gasteiger partial charge in [0.05, 0.1) is 12.7 Å². The molecule has 328 valence electrons. The standard InChI is InChI=1S/C26H31BrO5.C21H23BrO7/c1-5-22-15(2)16(3)25(31-17(4)28)26(32-22)19-7-8-21(27)20(14-19)12-18-6-9-23-24(13-18)30-11-10-29-23;22-14-3-2-12(21-20(26)19(25)18(24)17(10-23)29-21)9-13(14)7-11-1-4-15-16(8-11)28-6-5-27-15/h6-9,13-16,22,25-26H,5,10-12H2,1-4H3;1-4,8-9,17-21,23-26H,5-7,10H2/t15?,16-,22+,25?,26?;17-,18-,19+,20-,21?/m01/s1. The van der Waals surface area contributed by atoms with Gasteiger partial charge in [0.1, 0.15) is 69.2 Å². The number of esters is 1. The van der Waals surface area contributed by atoms with Crippen molar-refractivity contribution >= 4 is 37.8 Å². The first-order valence-electron chi connectivity index (χ1n) is 20.8. The summed E-state index contributed by atoms with van der Waals surface area (Å²) in [7, 11) is 0. The van der Waals surface area contributed by atoms with Crippen molar-refractivity contribution < 1.29 is 58.4 Å². The van der Waals surface area contributed by atoms with Crippen molar-refractivity contribution in [3.8, 4) is 23.0 Å². The minimum absolute atomic E-state index is 0.131. The number of ether oxygens (including phenoxy) is 7. The molecule has 14 heteroatoms. The number of carbonyl (C=O) groups excluding carboxylic acids is 1. The lowest BCUT2D eigenvalue weighted by Crippen LogP contribution is -2.55. The van der Waals surface area contributed by atoms with E-state index in [-0.39, 0.29) is 30.2 Å². The molecule has 8 rings (SSSR count). The Morgan fingerprint density at radius 2 is 1.13 bits per heavy atom. The van der Waals surface area contributed by atoms with Crippen LogP contribution in [0.15, 0.2) is 81.7 Å². The van der Waals surface area contributed by atoms with Crippen molar-refractivity contribution in [1.82, 2.24) is 0 Å². The molecule has 0 spiro atoms. The monoisotopic (exact) mass is 968 g/mol. The summed E-state index contributed by atoms with van der Waals surface area (Å²) in [5, 5.41) is 39.9. The number of aliphatic hydroxyl groups excluding tert-OH is 4. The van der Waals surface area contributed by atoms with Crippen molar-refractivity contribution in [1.29, 1.82) is 0 Å². The van der Waals surface area contributed by atoms with Crippen LogP contribution in [0.4, 0.5) is 0 Å². The molecule has 0 saturated carbocycles. The first kappa shape index (κ1) is 45.3. The summed E-state index contributed by atoms with van der Waals surface area (Å²) < 4.78 is 42.5. The maximum absolute atomic E-state index is 11.9. The van der Waals surface area contributed by atoms with Crippen LogP contribution in [-0.4, -0.2) is 96.1 Å². The van der Waals surface area contributed by atoms with Crippen LogP contribution < -0.4 is 18.9 Å². The lowest BCUT2D eigenvalue weighted by Gasteiger charge is -2.44. The van der Waals surface area contributed by atoms with Crippen molar-refractivity contribution in [2.24, 2.45) is 11.8 Å². The zero-order valence-corrected chi connectivity index (χ0v) is 37.8.